The van der Waals surface area contributed by atoms with E-state index in [2.05, 4.69) is 46.9 Å². The van der Waals surface area contributed by atoms with Crippen LogP contribution in [0.4, 0.5) is 0 Å². The quantitative estimate of drug-likeness (QED) is 0.862. The first-order chi connectivity index (χ1) is 8.20. The molecule has 2 heteroatoms. The number of benzene rings is 1. The SMILES string of the molecule is Cc1ccc(C(=O)NCC(C)(C)C)cc1C(C)C. The minimum atomic E-state index is 0.0202. The number of hydrogen-bond acceptors (Lipinski definition) is 1. The van der Waals surface area contributed by atoms with Crippen molar-refractivity contribution in [3.8, 4) is 0 Å². The normalized spacial score (nSPS) is 11.7. The lowest BCUT2D eigenvalue weighted by Crippen LogP contribution is -2.32. The Hall–Kier alpha value is -1.31. The van der Waals surface area contributed by atoms with Gasteiger partial charge in [-0.05, 0) is 41.5 Å². The minimum absolute atomic E-state index is 0.0202. The number of nitrogens with one attached hydrogen (secondary N) is 1. The van der Waals surface area contributed by atoms with Gasteiger partial charge >= 0.3 is 0 Å². The third-order valence-electron chi connectivity index (χ3n) is 2.94. The van der Waals surface area contributed by atoms with Gasteiger partial charge in [-0.15, -0.1) is 0 Å². The highest BCUT2D eigenvalue weighted by Crippen LogP contribution is 2.20. The van der Waals surface area contributed by atoms with Crippen LogP contribution >= 0.6 is 0 Å². The third-order valence-corrected chi connectivity index (χ3v) is 2.94. The van der Waals surface area contributed by atoms with Crippen LogP contribution in [0, 0.1) is 12.3 Å². The van der Waals surface area contributed by atoms with E-state index in [4.69, 9.17) is 0 Å². The van der Waals surface area contributed by atoms with Crippen LogP contribution in [-0.2, 0) is 0 Å². The van der Waals surface area contributed by atoms with Gasteiger partial charge in [-0.1, -0.05) is 40.7 Å². The Bertz CT molecular complexity index is 427. The molecule has 1 aromatic rings. The molecular weight excluding hydrogens is 222 g/mol. The zero-order valence-electron chi connectivity index (χ0n) is 12.4. The summed E-state index contributed by atoms with van der Waals surface area (Å²) >= 11 is 0. The van der Waals surface area contributed by atoms with Crippen molar-refractivity contribution in [3.63, 3.8) is 0 Å². The van der Waals surface area contributed by atoms with Gasteiger partial charge in [0, 0.05) is 12.1 Å². The van der Waals surface area contributed by atoms with E-state index in [1.165, 1.54) is 11.1 Å². The lowest BCUT2D eigenvalue weighted by molar-refractivity contribution is 0.0939. The molecule has 1 N–H and O–H groups in total. The van der Waals surface area contributed by atoms with Gasteiger partial charge in [-0.3, -0.25) is 4.79 Å². The van der Waals surface area contributed by atoms with Crippen LogP contribution < -0.4 is 5.32 Å². The van der Waals surface area contributed by atoms with E-state index in [9.17, 15) is 4.79 Å². The lowest BCUT2D eigenvalue weighted by atomic mass is 9.95. The Labute approximate surface area is 111 Å². The molecule has 0 aromatic heterocycles. The third kappa shape index (κ3) is 4.17. The van der Waals surface area contributed by atoms with Crippen molar-refractivity contribution in [2.24, 2.45) is 5.41 Å². The lowest BCUT2D eigenvalue weighted by Gasteiger charge is -2.19. The average Bonchev–Trinajstić information content (AvgIpc) is 2.25. The van der Waals surface area contributed by atoms with Gasteiger partial charge in [0.2, 0.25) is 0 Å². The van der Waals surface area contributed by atoms with E-state index in [1.54, 1.807) is 0 Å². The molecule has 1 amide bonds. The molecule has 0 radical (unpaired) electrons. The Morgan fingerprint density at radius 1 is 1.28 bits per heavy atom. The van der Waals surface area contributed by atoms with Gasteiger partial charge in [0.05, 0.1) is 0 Å². The molecule has 0 heterocycles. The molecule has 0 atom stereocenters. The Kier molecular flexibility index (Phi) is 4.55. The largest absolute Gasteiger partial charge is 0.352 e. The first-order valence-corrected chi connectivity index (χ1v) is 6.59. The monoisotopic (exact) mass is 247 g/mol. The summed E-state index contributed by atoms with van der Waals surface area (Å²) in [5.74, 6) is 0.465. The van der Waals surface area contributed by atoms with Gasteiger partial charge in [0.15, 0.2) is 0 Å². The molecule has 1 aromatic carbocycles. The number of aryl methyl sites for hydroxylation is 1. The molecule has 1 rings (SSSR count). The van der Waals surface area contributed by atoms with Crippen molar-refractivity contribution in [3.05, 3.63) is 34.9 Å². The van der Waals surface area contributed by atoms with E-state index in [-0.39, 0.29) is 11.3 Å². The molecule has 0 saturated carbocycles. The standard InChI is InChI=1S/C16H25NO/c1-11(2)14-9-13(8-7-12(14)3)15(18)17-10-16(4,5)6/h7-9,11H,10H2,1-6H3,(H,17,18). The van der Waals surface area contributed by atoms with Gasteiger partial charge in [-0.2, -0.15) is 0 Å². The smallest absolute Gasteiger partial charge is 0.251 e. The predicted molar refractivity (Wildman–Crippen MR) is 77.1 cm³/mol. The van der Waals surface area contributed by atoms with Crippen LogP contribution in [0.1, 0.15) is 62.0 Å². The van der Waals surface area contributed by atoms with Crippen molar-refractivity contribution in [2.45, 2.75) is 47.5 Å². The fourth-order valence-corrected chi connectivity index (χ4v) is 1.85. The summed E-state index contributed by atoms with van der Waals surface area (Å²) < 4.78 is 0. The van der Waals surface area contributed by atoms with Crippen LogP contribution in [0.3, 0.4) is 0 Å². The summed E-state index contributed by atoms with van der Waals surface area (Å²) in [6.45, 7) is 13.4. The molecule has 0 fully saturated rings. The molecule has 0 saturated heterocycles. The molecule has 0 spiro atoms. The Morgan fingerprint density at radius 2 is 1.89 bits per heavy atom. The van der Waals surface area contributed by atoms with Crippen molar-refractivity contribution in [1.29, 1.82) is 0 Å². The summed E-state index contributed by atoms with van der Waals surface area (Å²) in [5.41, 5.74) is 3.37. The van der Waals surface area contributed by atoms with Gasteiger partial charge in [0.1, 0.15) is 0 Å². The molecular formula is C16H25NO. The molecule has 0 unspecified atom stereocenters. The maximum absolute atomic E-state index is 12.1. The summed E-state index contributed by atoms with van der Waals surface area (Å²) in [5, 5.41) is 2.99. The molecule has 0 bridgehead atoms. The minimum Gasteiger partial charge on any atom is -0.352 e. The van der Waals surface area contributed by atoms with Crippen LogP contribution in [-0.4, -0.2) is 12.5 Å². The Morgan fingerprint density at radius 3 is 2.39 bits per heavy atom. The molecule has 2 nitrogen and oxygen atoms in total. The first kappa shape index (κ1) is 14.7. The molecule has 18 heavy (non-hydrogen) atoms. The maximum atomic E-state index is 12.1. The van der Waals surface area contributed by atoms with E-state index >= 15 is 0 Å². The topological polar surface area (TPSA) is 29.1 Å². The van der Waals surface area contributed by atoms with Gasteiger partial charge in [0.25, 0.3) is 5.91 Å². The number of carbonyl (C=O) groups excluding carboxylic acids is 1. The summed E-state index contributed by atoms with van der Waals surface area (Å²) in [6, 6.07) is 5.94. The fraction of sp³-hybridized carbons (Fsp3) is 0.562. The van der Waals surface area contributed by atoms with Crippen LogP contribution in [0.15, 0.2) is 18.2 Å². The second-order valence-corrected chi connectivity index (χ2v) is 6.47. The molecule has 0 aliphatic rings. The summed E-state index contributed by atoms with van der Waals surface area (Å²) in [6.07, 6.45) is 0. The van der Waals surface area contributed by atoms with E-state index in [0.29, 0.717) is 12.5 Å². The highest BCUT2D eigenvalue weighted by atomic mass is 16.1. The van der Waals surface area contributed by atoms with E-state index in [0.717, 1.165) is 5.56 Å². The average molecular weight is 247 g/mol. The van der Waals surface area contributed by atoms with Crippen molar-refractivity contribution in [2.75, 3.05) is 6.54 Å². The number of carbonyl (C=O) groups is 1. The number of hydrogen-bond donors (Lipinski definition) is 1. The second-order valence-electron chi connectivity index (χ2n) is 6.47. The van der Waals surface area contributed by atoms with E-state index in [1.807, 2.05) is 18.2 Å². The molecule has 0 aliphatic heterocycles. The summed E-state index contributed by atoms with van der Waals surface area (Å²) in [4.78, 5) is 12.1. The van der Waals surface area contributed by atoms with Crippen LogP contribution in [0.5, 0.6) is 0 Å². The predicted octanol–water partition coefficient (Wildman–Crippen LogP) is 3.89. The van der Waals surface area contributed by atoms with Crippen LogP contribution in [0.25, 0.3) is 0 Å². The second kappa shape index (κ2) is 5.55. The highest BCUT2D eigenvalue weighted by molar-refractivity contribution is 5.94. The zero-order valence-corrected chi connectivity index (χ0v) is 12.4. The van der Waals surface area contributed by atoms with Gasteiger partial charge in [-0.25, -0.2) is 0 Å². The Balaban J connectivity index is 2.84. The number of amides is 1. The fourth-order valence-electron chi connectivity index (χ4n) is 1.85. The van der Waals surface area contributed by atoms with Crippen molar-refractivity contribution >= 4 is 5.91 Å². The highest BCUT2D eigenvalue weighted by Gasteiger charge is 2.14. The van der Waals surface area contributed by atoms with Crippen molar-refractivity contribution < 1.29 is 4.79 Å². The molecule has 0 aliphatic carbocycles. The van der Waals surface area contributed by atoms with Gasteiger partial charge < -0.3 is 5.32 Å². The molecule has 100 valence electrons. The summed E-state index contributed by atoms with van der Waals surface area (Å²) in [7, 11) is 0. The van der Waals surface area contributed by atoms with E-state index < -0.39 is 0 Å². The zero-order chi connectivity index (χ0) is 13.9. The first-order valence-electron chi connectivity index (χ1n) is 6.59. The van der Waals surface area contributed by atoms with Crippen molar-refractivity contribution in [1.82, 2.24) is 5.32 Å². The number of rotatable bonds is 3. The maximum Gasteiger partial charge on any atom is 0.251 e. The van der Waals surface area contributed by atoms with Crippen LogP contribution in [0.2, 0.25) is 0 Å².